The lowest BCUT2D eigenvalue weighted by Crippen LogP contribution is -2.25. The van der Waals surface area contributed by atoms with E-state index in [2.05, 4.69) is 36.4 Å². The first-order valence-corrected chi connectivity index (χ1v) is 13.6. The molecule has 33 heavy (non-hydrogen) atoms. The highest BCUT2D eigenvalue weighted by Gasteiger charge is 2.31. The molecule has 2 aromatic rings. The number of hydrogen-bond donors (Lipinski definition) is 0. The van der Waals surface area contributed by atoms with E-state index in [4.69, 9.17) is 4.74 Å². The van der Waals surface area contributed by atoms with Crippen molar-refractivity contribution in [1.29, 1.82) is 0 Å². The molecule has 2 aliphatic rings. The van der Waals surface area contributed by atoms with Gasteiger partial charge in [-0.3, -0.25) is 4.39 Å². The first-order chi connectivity index (χ1) is 16.3. The molecule has 2 aliphatic carbocycles. The van der Waals surface area contributed by atoms with Gasteiger partial charge >= 0.3 is 0 Å². The van der Waals surface area contributed by atoms with Crippen molar-refractivity contribution in [3.05, 3.63) is 54.1 Å². The van der Waals surface area contributed by atoms with E-state index in [1.807, 2.05) is 12.1 Å². The van der Waals surface area contributed by atoms with Crippen molar-refractivity contribution in [1.82, 2.24) is 0 Å². The second-order valence-electron chi connectivity index (χ2n) is 10.6. The van der Waals surface area contributed by atoms with Crippen LogP contribution in [0.5, 0.6) is 5.75 Å². The maximum Gasteiger partial charge on any atom is 0.118 e. The van der Waals surface area contributed by atoms with Crippen LogP contribution < -0.4 is 4.74 Å². The fourth-order valence-corrected chi connectivity index (χ4v) is 6.48. The minimum Gasteiger partial charge on any atom is -0.497 e. The number of benzene rings is 2. The van der Waals surface area contributed by atoms with Crippen LogP contribution in [0.15, 0.2) is 48.5 Å². The molecule has 0 bridgehead atoms. The Kier molecular flexibility index (Phi) is 9.26. The van der Waals surface area contributed by atoms with Crippen LogP contribution >= 0.6 is 0 Å². The molecule has 0 amide bonds. The Bertz CT molecular complexity index is 796. The quantitative estimate of drug-likeness (QED) is 0.328. The van der Waals surface area contributed by atoms with Crippen LogP contribution in [0.25, 0.3) is 11.1 Å². The number of rotatable bonds is 10. The lowest BCUT2D eigenvalue weighted by molar-refractivity contribution is 0.155. The molecule has 0 heterocycles. The van der Waals surface area contributed by atoms with Gasteiger partial charge in [0.1, 0.15) is 5.75 Å². The zero-order chi connectivity index (χ0) is 22.9. The number of ether oxygens (including phenoxy) is 1. The van der Waals surface area contributed by atoms with Gasteiger partial charge in [0, 0.05) is 0 Å². The van der Waals surface area contributed by atoms with Crippen molar-refractivity contribution >= 4 is 0 Å². The maximum atomic E-state index is 12.2. The molecule has 0 radical (unpaired) electrons. The summed E-state index contributed by atoms with van der Waals surface area (Å²) in [7, 11) is 1.71. The fraction of sp³-hybridized carbons (Fsp3) is 0.613. The van der Waals surface area contributed by atoms with Gasteiger partial charge in [-0.2, -0.15) is 0 Å². The van der Waals surface area contributed by atoms with Gasteiger partial charge in [-0.15, -0.1) is 0 Å². The van der Waals surface area contributed by atoms with E-state index in [0.29, 0.717) is 0 Å². The highest BCUT2D eigenvalue weighted by molar-refractivity contribution is 5.64. The van der Waals surface area contributed by atoms with Gasteiger partial charge in [-0.05, 0) is 97.4 Å². The first kappa shape index (κ1) is 24.3. The van der Waals surface area contributed by atoms with Gasteiger partial charge < -0.3 is 4.74 Å². The molecular weight excluding hydrogens is 407 g/mol. The Morgan fingerprint density at radius 1 is 0.667 bits per heavy atom. The van der Waals surface area contributed by atoms with E-state index < -0.39 is 0 Å². The van der Waals surface area contributed by atoms with Gasteiger partial charge in [0.25, 0.3) is 0 Å². The van der Waals surface area contributed by atoms with E-state index in [9.17, 15) is 4.39 Å². The molecule has 0 atom stereocenters. The molecular formula is C31H43FO. The monoisotopic (exact) mass is 450 g/mol. The largest absolute Gasteiger partial charge is 0.497 e. The van der Waals surface area contributed by atoms with Crippen molar-refractivity contribution < 1.29 is 9.13 Å². The minimum atomic E-state index is -0.137. The normalized spacial score (nSPS) is 25.6. The third-order valence-electron chi connectivity index (χ3n) is 8.63. The molecule has 4 rings (SSSR count). The Hall–Kier alpha value is -1.83. The number of methoxy groups -OCH3 is 1. The van der Waals surface area contributed by atoms with Crippen molar-refractivity contribution in [3.63, 3.8) is 0 Å². The Morgan fingerprint density at radius 2 is 1.21 bits per heavy atom. The van der Waals surface area contributed by atoms with Crippen LogP contribution in [0, 0.1) is 17.8 Å². The summed E-state index contributed by atoms with van der Waals surface area (Å²) in [5.41, 5.74) is 4.07. The molecule has 0 saturated heterocycles. The topological polar surface area (TPSA) is 9.23 Å². The number of halogens is 1. The number of unbranched alkanes of at least 4 members (excludes halogenated alkanes) is 3. The Morgan fingerprint density at radius 3 is 1.79 bits per heavy atom. The first-order valence-electron chi connectivity index (χ1n) is 13.6. The van der Waals surface area contributed by atoms with Crippen molar-refractivity contribution in [2.24, 2.45) is 17.8 Å². The summed E-state index contributed by atoms with van der Waals surface area (Å²) in [5.74, 6) is 4.54. The lowest BCUT2D eigenvalue weighted by Gasteiger charge is -2.38. The van der Waals surface area contributed by atoms with Crippen LogP contribution in [0.1, 0.15) is 95.0 Å². The minimum absolute atomic E-state index is 0.137. The zero-order valence-corrected chi connectivity index (χ0v) is 20.6. The molecule has 0 unspecified atom stereocenters. The second kappa shape index (κ2) is 12.6. The Balaban J connectivity index is 1.19. The summed E-state index contributed by atoms with van der Waals surface area (Å²) in [6.45, 7) is -0.137. The number of alkyl halides is 1. The highest BCUT2D eigenvalue weighted by atomic mass is 19.1. The maximum absolute atomic E-state index is 12.2. The predicted molar refractivity (Wildman–Crippen MR) is 138 cm³/mol. The summed E-state index contributed by atoms with van der Waals surface area (Å²) in [4.78, 5) is 0. The van der Waals surface area contributed by atoms with E-state index in [1.165, 1.54) is 87.3 Å². The van der Waals surface area contributed by atoms with E-state index >= 15 is 0 Å². The van der Waals surface area contributed by atoms with Gasteiger partial charge in [-0.25, -0.2) is 0 Å². The summed E-state index contributed by atoms with van der Waals surface area (Å²) < 4.78 is 17.5. The van der Waals surface area contributed by atoms with E-state index in [-0.39, 0.29) is 6.67 Å². The van der Waals surface area contributed by atoms with Crippen LogP contribution in [0.3, 0.4) is 0 Å². The third kappa shape index (κ3) is 6.84. The average Bonchev–Trinajstić information content (AvgIpc) is 2.89. The Labute approximate surface area is 201 Å². The average molecular weight is 451 g/mol. The second-order valence-corrected chi connectivity index (χ2v) is 10.6. The SMILES string of the molecule is COc1ccc(-c2ccc(C3CCC([C@H]4CC[C@H](CCCCCCF)CC4)CC3)cc2)cc1. The molecule has 2 fully saturated rings. The highest BCUT2D eigenvalue weighted by Crippen LogP contribution is 2.44. The summed E-state index contributed by atoms with van der Waals surface area (Å²) >= 11 is 0. The summed E-state index contributed by atoms with van der Waals surface area (Å²) in [5, 5.41) is 0. The molecule has 0 spiro atoms. The predicted octanol–water partition coefficient (Wildman–Crippen LogP) is 9.36. The fourth-order valence-electron chi connectivity index (χ4n) is 6.48. The molecule has 180 valence electrons. The number of hydrogen-bond acceptors (Lipinski definition) is 1. The zero-order valence-electron chi connectivity index (χ0n) is 20.6. The molecule has 1 nitrogen and oxygen atoms in total. The molecule has 2 heteroatoms. The lowest BCUT2D eigenvalue weighted by atomic mass is 9.68. The van der Waals surface area contributed by atoms with Crippen LogP contribution in [0.4, 0.5) is 4.39 Å². The van der Waals surface area contributed by atoms with E-state index in [1.54, 1.807) is 7.11 Å². The summed E-state index contributed by atoms with van der Waals surface area (Å²) in [6.07, 6.45) is 17.2. The molecule has 2 saturated carbocycles. The van der Waals surface area contributed by atoms with Crippen LogP contribution in [-0.2, 0) is 0 Å². The molecule has 2 aromatic carbocycles. The molecule has 0 aliphatic heterocycles. The third-order valence-corrected chi connectivity index (χ3v) is 8.63. The van der Waals surface area contributed by atoms with Crippen LogP contribution in [-0.4, -0.2) is 13.8 Å². The van der Waals surface area contributed by atoms with Crippen molar-refractivity contribution in [3.8, 4) is 16.9 Å². The van der Waals surface area contributed by atoms with Crippen LogP contribution in [0.2, 0.25) is 0 Å². The standard InChI is InChI=1S/C31H43FO/c1-33-31-21-19-30(20-22-31)29-17-15-28(16-18-29)27-13-11-26(12-14-27)25-9-7-24(8-10-25)6-4-2-3-5-23-32/h15-22,24-27H,2-14,23H2,1H3/t24-,25-,26?,27?. The van der Waals surface area contributed by atoms with Crippen molar-refractivity contribution in [2.75, 3.05) is 13.8 Å². The van der Waals surface area contributed by atoms with Gasteiger partial charge in [0.15, 0.2) is 0 Å². The van der Waals surface area contributed by atoms with Gasteiger partial charge in [0.2, 0.25) is 0 Å². The smallest absolute Gasteiger partial charge is 0.118 e. The van der Waals surface area contributed by atoms with Crippen molar-refractivity contribution in [2.45, 2.75) is 89.4 Å². The molecule has 0 aromatic heterocycles. The van der Waals surface area contributed by atoms with E-state index in [0.717, 1.165) is 42.3 Å². The van der Waals surface area contributed by atoms with Gasteiger partial charge in [0.05, 0.1) is 13.8 Å². The summed E-state index contributed by atoms with van der Waals surface area (Å²) in [6, 6.07) is 17.7. The van der Waals surface area contributed by atoms with Gasteiger partial charge in [-0.1, -0.05) is 74.9 Å². The molecule has 0 N–H and O–H groups in total.